The van der Waals surface area contributed by atoms with Crippen molar-refractivity contribution in [1.82, 2.24) is 5.32 Å². The van der Waals surface area contributed by atoms with Gasteiger partial charge in [-0.05, 0) is 37.1 Å². The third-order valence-electron chi connectivity index (χ3n) is 2.27. The van der Waals surface area contributed by atoms with Crippen LogP contribution in [0.1, 0.15) is 24.5 Å². The molecule has 0 saturated heterocycles. The zero-order valence-corrected chi connectivity index (χ0v) is 8.92. The molecule has 1 aromatic rings. The Hall–Kier alpha value is -0.860. The molecule has 0 saturated carbocycles. The number of hydrogen-bond acceptors (Lipinski definition) is 2. The summed E-state index contributed by atoms with van der Waals surface area (Å²) in [7, 11) is 0. The zero-order valence-electron chi connectivity index (χ0n) is 8.92. The van der Waals surface area contributed by atoms with E-state index in [1.807, 2.05) is 0 Å². The van der Waals surface area contributed by atoms with E-state index in [2.05, 4.69) is 36.5 Å². The lowest BCUT2D eigenvalue weighted by molar-refractivity contribution is 0.670. The first kappa shape index (κ1) is 11.2. The van der Waals surface area contributed by atoms with Gasteiger partial charge in [-0.25, -0.2) is 0 Å². The van der Waals surface area contributed by atoms with Gasteiger partial charge in [0.15, 0.2) is 0 Å². The van der Waals surface area contributed by atoms with Crippen molar-refractivity contribution < 1.29 is 0 Å². The topological polar surface area (TPSA) is 38.0 Å². The molecule has 0 aliphatic rings. The smallest absolute Gasteiger partial charge is 0.0208 e. The highest BCUT2D eigenvalue weighted by atomic mass is 14.8. The second-order valence-electron chi connectivity index (χ2n) is 3.48. The van der Waals surface area contributed by atoms with Crippen LogP contribution in [-0.2, 0) is 13.0 Å². The van der Waals surface area contributed by atoms with E-state index in [1.54, 1.807) is 0 Å². The second kappa shape index (κ2) is 6.57. The minimum Gasteiger partial charge on any atom is -0.330 e. The van der Waals surface area contributed by atoms with Crippen molar-refractivity contribution in [2.75, 3.05) is 13.1 Å². The van der Waals surface area contributed by atoms with Crippen molar-refractivity contribution in [3.63, 3.8) is 0 Å². The van der Waals surface area contributed by atoms with E-state index in [1.165, 1.54) is 17.5 Å². The molecule has 14 heavy (non-hydrogen) atoms. The number of nitrogens with two attached hydrogens (primary N) is 1. The van der Waals surface area contributed by atoms with E-state index < -0.39 is 0 Å². The molecule has 3 N–H and O–H groups in total. The molecule has 2 nitrogen and oxygen atoms in total. The number of hydrogen-bond donors (Lipinski definition) is 2. The molecule has 0 spiro atoms. The van der Waals surface area contributed by atoms with Crippen LogP contribution in [0.5, 0.6) is 0 Å². The van der Waals surface area contributed by atoms with E-state index in [-0.39, 0.29) is 0 Å². The molecule has 0 fully saturated rings. The van der Waals surface area contributed by atoms with Crippen LogP contribution < -0.4 is 11.1 Å². The molecule has 0 bridgehead atoms. The van der Waals surface area contributed by atoms with Gasteiger partial charge in [0.2, 0.25) is 0 Å². The minimum absolute atomic E-state index is 0.727. The van der Waals surface area contributed by atoms with Crippen LogP contribution in [0.3, 0.4) is 0 Å². The monoisotopic (exact) mass is 192 g/mol. The molecule has 0 aliphatic carbocycles. The molecule has 0 heterocycles. The summed E-state index contributed by atoms with van der Waals surface area (Å²) in [6, 6.07) is 8.50. The predicted molar refractivity (Wildman–Crippen MR) is 61.2 cm³/mol. The number of rotatable bonds is 6. The molecular formula is C12H20N2. The Kier molecular flexibility index (Phi) is 5.27. The standard InChI is InChI=1S/C12H20N2/c1-2-9-14-10-12-6-4-3-5-11(12)7-8-13/h3-6,14H,2,7-10,13H2,1H3. The van der Waals surface area contributed by atoms with Crippen LogP contribution in [0.4, 0.5) is 0 Å². The fourth-order valence-electron chi connectivity index (χ4n) is 1.53. The first-order chi connectivity index (χ1) is 6.88. The predicted octanol–water partition coefficient (Wildman–Crippen LogP) is 1.69. The average molecular weight is 192 g/mol. The van der Waals surface area contributed by atoms with Gasteiger partial charge in [0, 0.05) is 6.54 Å². The highest BCUT2D eigenvalue weighted by Gasteiger charge is 1.99. The zero-order chi connectivity index (χ0) is 10.2. The third-order valence-corrected chi connectivity index (χ3v) is 2.27. The SMILES string of the molecule is CCCNCc1ccccc1CCN. The van der Waals surface area contributed by atoms with Crippen molar-refractivity contribution in [3.05, 3.63) is 35.4 Å². The van der Waals surface area contributed by atoms with Crippen molar-refractivity contribution in [3.8, 4) is 0 Å². The Labute approximate surface area is 86.5 Å². The number of benzene rings is 1. The van der Waals surface area contributed by atoms with E-state index >= 15 is 0 Å². The largest absolute Gasteiger partial charge is 0.330 e. The second-order valence-corrected chi connectivity index (χ2v) is 3.48. The summed E-state index contributed by atoms with van der Waals surface area (Å²) >= 11 is 0. The molecule has 1 rings (SSSR count). The van der Waals surface area contributed by atoms with E-state index in [9.17, 15) is 0 Å². The Morgan fingerprint density at radius 1 is 1.21 bits per heavy atom. The first-order valence-corrected chi connectivity index (χ1v) is 5.36. The lowest BCUT2D eigenvalue weighted by atomic mass is 10.0. The summed E-state index contributed by atoms with van der Waals surface area (Å²) in [6.07, 6.45) is 2.16. The molecule has 78 valence electrons. The highest BCUT2D eigenvalue weighted by molar-refractivity contribution is 5.27. The normalized spacial score (nSPS) is 10.4. The molecule has 1 aromatic carbocycles. The third kappa shape index (κ3) is 3.48. The van der Waals surface area contributed by atoms with E-state index in [0.29, 0.717) is 0 Å². The van der Waals surface area contributed by atoms with E-state index in [4.69, 9.17) is 5.73 Å². The van der Waals surface area contributed by atoms with Gasteiger partial charge >= 0.3 is 0 Å². The van der Waals surface area contributed by atoms with Crippen molar-refractivity contribution in [2.24, 2.45) is 5.73 Å². The molecule has 0 atom stereocenters. The Balaban J connectivity index is 2.55. The maximum Gasteiger partial charge on any atom is 0.0208 e. The summed E-state index contributed by atoms with van der Waals surface area (Å²) in [5.41, 5.74) is 8.32. The minimum atomic E-state index is 0.727. The summed E-state index contributed by atoms with van der Waals surface area (Å²) in [5.74, 6) is 0. The van der Waals surface area contributed by atoms with Gasteiger partial charge in [0.25, 0.3) is 0 Å². The van der Waals surface area contributed by atoms with E-state index in [0.717, 1.165) is 26.1 Å². The molecule has 0 radical (unpaired) electrons. The van der Waals surface area contributed by atoms with Gasteiger partial charge < -0.3 is 11.1 Å². The Morgan fingerprint density at radius 3 is 2.57 bits per heavy atom. The van der Waals surface area contributed by atoms with Gasteiger partial charge in [-0.15, -0.1) is 0 Å². The van der Waals surface area contributed by atoms with Crippen LogP contribution in [0, 0.1) is 0 Å². The van der Waals surface area contributed by atoms with Gasteiger partial charge in [-0.2, -0.15) is 0 Å². The Bertz CT molecular complexity index is 258. The van der Waals surface area contributed by atoms with Crippen molar-refractivity contribution in [2.45, 2.75) is 26.3 Å². The molecule has 0 aromatic heterocycles. The van der Waals surface area contributed by atoms with Crippen molar-refractivity contribution >= 4 is 0 Å². The molecule has 0 aliphatic heterocycles. The highest BCUT2D eigenvalue weighted by Crippen LogP contribution is 2.08. The lowest BCUT2D eigenvalue weighted by Crippen LogP contribution is -2.16. The van der Waals surface area contributed by atoms with Gasteiger partial charge in [-0.3, -0.25) is 0 Å². The first-order valence-electron chi connectivity index (χ1n) is 5.36. The van der Waals surface area contributed by atoms with Gasteiger partial charge in [0.1, 0.15) is 0 Å². The lowest BCUT2D eigenvalue weighted by Gasteiger charge is -2.08. The number of nitrogens with one attached hydrogen (secondary N) is 1. The molecule has 0 unspecified atom stereocenters. The average Bonchev–Trinajstić information content (AvgIpc) is 2.21. The fraction of sp³-hybridized carbons (Fsp3) is 0.500. The maximum atomic E-state index is 5.56. The summed E-state index contributed by atoms with van der Waals surface area (Å²) in [6.45, 7) is 4.95. The fourth-order valence-corrected chi connectivity index (χ4v) is 1.53. The molecular weight excluding hydrogens is 172 g/mol. The van der Waals surface area contributed by atoms with Gasteiger partial charge in [-0.1, -0.05) is 31.2 Å². The Morgan fingerprint density at radius 2 is 1.93 bits per heavy atom. The van der Waals surface area contributed by atoms with Gasteiger partial charge in [0.05, 0.1) is 0 Å². The van der Waals surface area contributed by atoms with Crippen LogP contribution in [-0.4, -0.2) is 13.1 Å². The quantitative estimate of drug-likeness (QED) is 0.673. The van der Waals surface area contributed by atoms with Crippen molar-refractivity contribution in [1.29, 1.82) is 0 Å². The summed E-state index contributed by atoms with van der Waals surface area (Å²) in [4.78, 5) is 0. The molecule has 2 heteroatoms. The maximum absolute atomic E-state index is 5.56. The molecule has 0 amide bonds. The summed E-state index contributed by atoms with van der Waals surface area (Å²) < 4.78 is 0. The van der Waals surface area contributed by atoms with Crippen LogP contribution in [0.2, 0.25) is 0 Å². The summed E-state index contributed by atoms with van der Waals surface area (Å²) in [5, 5.41) is 3.41. The van der Waals surface area contributed by atoms with Crippen LogP contribution in [0.15, 0.2) is 24.3 Å². The van der Waals surface area contributed by atoms with Crippen LogP contribution >= 0.6 is 0 Å². The van der Waals surface area contributed by atoms with Crippen LogP contribution in [0.25, 0.3) is 0 Å².